The molecule has 1 unspecified atom stereocenters. The van der Waals surface area contributed by atoms with Crippen LogP contribution in [-0.4, -0.2) is 28.7 Å². The maximum atomic E-state index is 12.7. The van der Waals surface area contributed by atoms with Crippen molar-refractivity contribution in [2.75, 3.05) is 17.7 Å². The molecule has 1 aromatic heterocycles. The van der Waals surface area contributed by atoms with Crippen LogP contribution in [0.4, 0.5) is 11.5 Å². The molecule has 2 amide bonds. The lowest BCUT2D eigenvalue weighted by Crippen LogP contribution is -2.24. The summed E-state index contributed by atoms with van der Waals surface area (Å²) >= 11 is 0. The highest BCUT2D eigenvalue weighted by Crippen LogP contribution is 2.38. The highest BCUT2D eigenvalue weighted by molar-refractivity contribution is 6.04. The molecule has 148 valence electrons. The number of rotatable bonds is 5. The van der Waals surface area contributed by atoms with Crippen molar-refractivity contribution >= 4 is 23.3 Å². The molecule has 2 N–H and O–H groups in total. The van der Waals surface area contributed by atoms with Crippen LogP contribution < -0.4 is 15.4 Å². The molecule has 2 aromatic carbocycles. The van der Waals surface area contributed by atoms with Crippen molar-refractivity contribution in [1.29, 1.82) is 0 Å². The first-order valence-electron chi connectivity index (χ1n) is 9.38. The van der Waals surface area contributed by atoms with Crippen LogP contribution in [0.3, 0.4) is 0 Å². The summed E-state index contributed by atoms with van der Waals surface area (Å²) in [5, 5.41) is 10.3. The minimum absolute atomic E-state index is 0.0225. The Labute approximate surface area is 168 Å². The molecule has 0 radical (unpaired) electrons. The maximum Gasteiger partial charge on any atom is 0.251 e. The predicted molar refractivity (Wildman–Crippen MR) is 111 cm³/mol. The number of nitrogens with one attached hydrogen (secondary N) is 2. The van der Waals surface area contributed by atoms with Gasteiger partial charge in [-0.2, -0.15) is 5.10 Å². The monoisotopic (exact) mass is 390 g/mol. The number of carbonyl (C=O) groups is 2. The Hall–Kier alpha value is -3.61. The average molecular weight is 390 g/mol. The van der Waals surface area contributed by atoms with E-state index in [0.29, 0.717) is 17.3 Å². The van der Waals surface area contributed by atoms with Gasteiger partial charge < -0.3 is 15.4 Å². The second-order valence-corrected chi connectivity index (χ2v) is 7.08. The molecule has 0 fully saturated rings. The van der Waals surface area contributed by atoms with Crippen LogP contribution in [0.5, 0.6) is 5.75 Å². The topological polar surface area (TPSA) is 85.2 Å². The number of methoxy groups -OCH3 is 1. The number of aromatic nitrogens is 2. The fourth-order valence-electron chi connectivity index (χ4n) is 3.63. The van der Waals surface area contributed by atoms with Crippen LogP contribution in [0.1, 0.15) is 23.7 Å². The summed E-state index contributed by atoms with van der Waals surface area (Å²) in [6.45, 7) is 3.83. The highest BCUT2D eigenvalue weighted by Gasteiger charge is 2.36. The molecule has 29 heavy (non-hydrogen) atoms. The van der Waals surface area contributed by atoms with Crippen LogP contribution in [-0.2, 0) is 9.59 Å². The number of fused-ring (bicyclic) bond motifs is 1. The van der Waals surface area contributed by atoms with E-state index in [1.54, 1.807) is 17.9 Å². The summed E-state index contributed by atoms with van der Waals surface area (Å²) in [6.07, 6.45) is -0.0225. The molecule has 0 saturated carbocycles. The molecule has 0 spiro atoms. The number of amides is 2. The Morgan fingerprint density at radius 2 is 1.97 bits per heavy atom. The molecule has 1 atom stereocenters. The Morgan fingerprint density at radius 1 is 1.21 bits per heavy atom. The third-order valence-corrected chi connectivity index (χ3v) is 5.00. The summed E-state index contributed by atoms with van der Waals surface area (Å²) < 4.78 is 6.92. The van der Waals surface area contributed by atoms with Gasteiger partial charge in [0.25, 0.3) is 5.91 Å². The Bertz CT molecular complexity index is 1090. The average Bonchev–Trinajstić information content (AvgIpc) is 3.16. The van der Waals surface area contributed by atoms with E-state index < -0.39 is 6.04 Å². The third-order valence-electron chi connectivity index (χ3n) is 5.00. The fourth-order valence-corrected chi connectivity index (χ4v) is 3.63. The normalized spacial score (nSPS) is 15.0. The SMILES string of the molecule is COc1ccc(C)cc1NC(=O)CC1C(=O)Nc2c(-c3ccccc3)c(C)nn21. The maximum absolute atomic E-state index is 12.7. The van der Waals surface area contributed by atoms with Crippen molar-refractivity contribution in [3.63, 3.8) is 0 Å². The minimum atomic E-state index is -0.697. The van der Waals surface area contributed by atoms with Crippen LogP contribution in [0.2, 0.25) is 0 Å². The van der Waals surface area contributed by atoms with Gasteiger partial charge in [-0.15, -0.1) is 0 Å². The number of anilines is 2. The first-order chi connectivity index (χ1) is 14.0. The number of carbonyl (C=O) groups excluding carboxylic acids is 2. The van der Waals surface area contributed by atoms with Crippen molar-refractivity contribution in [2.45, 2.75) is 26.3 Å². The molecule has 1 aliphatic heterocycles. The van der Waals surface area contributed by atoms with Gasteiger partial charge in [0.15, 0.2) is 0 Å². The van der Waals surface area contributed by atoms with Crippen molar-refractivity contribution in [1.82, 2.24) is 9.78 Å². The Balaban J connectivity index is 1.58. The molecule has 1 aliphatic rings. The Kier molecular flexibility index (Phi) is 4.80. The lowest BCUT2D eigenvalue weighted by molar-refractivity contribution is -0.123. The number of hydrogen-bond donors (Lipinski definition) is 2. The molecular formula is C22H22N4O3. The Morgan fingerprint density at radius 3 is 2.69 bits per heavy atom. The van der Waals surface area contributed by atoms with E-state index in [4.69, 9.17) is 4.74 Å². The molecule has 0 bridgehead atoms. The van der Waals surface area contributed by atoms with Crippen LogP contribution in [0.25, 0.3) is 11.1 Å². The van der Waals surface area contributed by atoms with E-state index in [0.717, 1.165) is 22.4 Å². The van der Waals surface area contributed by atoms with Crippen molar-refractivity contribution in [3.8, 4) is 16.9 Å². The zero-order valence-electron chi connectivity index (χ0n) is 16.5. The number of hydrogen-bond acceptors (Lipinski definition) is 4. The third kappa shape index (κ3) is 3.47. The molecule has 3 aromatic rings. The van der Waals surface area contributed by atoms with E-state index in [2.05, 4.69) is 15.7 Å². The quantitative estimate of drug-likeness (QED) is 0.696. The van der Waals surface area contributed by atoms with Crippen molar-refractivity contribution in [3.05, 3.63) is 59.8 Å². The van der Waals surface area contributed by atoms with Crippen molar-refractivity contribution < 1.29 is 14.3 Å². The van der Waals surface area contributed by atoms with Gasteiger partial charge in [0, 0.05) is 5.56 Å². The molecule has 7 heteroatoms. The van der Waals surface area contributed by atoms with Gasteiger partial charge in [-0.3, -0.25) is 9.59 Å². The lowest BCUT2D eigenvalue weighted by Gasteiger charge is -2.13. The summed E-state index contributed by atoms with van der Waals surface area (Å²) in [5.41, 5.74) is 4.23. The second kappa shape index (κ2) is 7.43. The van der Waals surface area contributed by atoms with Crippen molar-refractivity contribution in [2.24, 2.45) is 0 Å². The minimum Gasteiger partial charge on any atom is -0.495 e. The second-order valence-electron chi connectivity index (χ2n) is 7.08. The largest absolute Gasteiger partial charge is 0.495 e. The number of ether oxygens (including phenoxy) is 1. The smallest absolute Gasteiger partial charge is 0.251 e. The standard InChI is InChI=1S/C22H22N4O3/c1-13-9-10-18(29-3)16(11-13)23-19(27)12-17-22(28)24-21-20(14(2)25-26(17)21)15-7-5-4-6-8-15/h4-11,17H,12H2,1-3H3,(H,23,27)(H,24,28). The number of benzene rings is 2. The van der Waals surface area contributed by atoms with E-state index in [-0.39, 0.29) is 18.2 Å². The van der Waals surface area contributed by atoms with Crippen LogP contribution in [0, 0.1) is 13.8 Å². The van der Waals surface area contributed by atoms with E-state index in [1.165, 1.54) is 0 Å². The molecule has 2 heterocycles. The summed E-state index contributed by atoms with van der Waals surface area (Å²) in [6, 6.07) is 14.6. The van der Waals surface area contributed by atoms with Gasteiger partial charge in [0.05, 0.1) is 24.9 Å². The van der Waals surface area contributed by atoms with Gasteiger partial charge in [0.2, 0.25) is 5.91 Å². The zero-order valence-corrected chi connectivity index (χ0v) is 16.5. The van der Waals surface area contributed by atoms with E-state index in [1.807, 2.05) is 56.3 Å². The summed E-state index contributed by atoms with van der Waals surface area (Å²) in [4.78, 5) is 25.3. The molecule has 0 aliphatic carbocycles. The highest BCUT2D eigenvalue weighted by atomic mass is 16.5. The van der Waals surface area contributed by atoms with Gasteiger partial charge >= 0.3 is 0 Å². The first kappa shape index (κ1) is 18.7. The van der Waals surface area contributed by atoms with E-state index in [9.17, 15) is 9.59 Å². The molecule has 7 nitrogen and oxygen atoms in total. The van der Waals surface area contributed by atoms with Gasteiger partial charge in [0.1, 0.15) is 17.6 Å². The van der Waals surface area contributed by atoms with Crippen LogP contribution in [0.15, 0.2) is 48.5 Å². The molecule has 0 saturated heterocycles. The predicted octanol–water partition coefficient (Wildman–Crippen LogP) is 3.70. The molecular weight excluding hydrogens is 368 g/mol. The summed E-state index contributed by atoms with van der Waals surface area (Å²) in [7, 11) is 1.55. The molecule has 4 rings (SSSR count). The fraction of sp³-hybridized carbons (Fsp3) is 0.227. The number of aryl methyl sites for hydroxylation is 2. The van der Waals surface area contributed by atoms with Crippen LogP contribution >= 0.6 is 0 Å². The first-order valence-corrected chi connectivity index (χ1v) is 9.38. The van der Waals surface area contributed by atoms with E-state index >= 15 is 0 Å². The zero-order chi connectivity index (χ0) is 20.5. The van der Waals surface area contributed by atoms with Gasteiger partial charge in [-0.25, -0.2) is 4.68 Å². The lowest BCUT2D eigenvalue weighted by atomic mass is 10.1. The summed E-state index contributed by atoms with van der Waals surface area (Å²) in [5.74, 6) is 0.679. The van der Waals surface area contributed by atoms with Gasteiger partial charge in [-0.05, 0) is 37.1 Å². The number of nitrogens with zero attached hydrogens (tertiary/aromatic N) is 2. The van der Waals surface area contributed by atoms with Gasteiger partial charge in [-0.1, -0.05) is 36.4 Å².